The molecule has 0 radical (unpaired) electrons. The smallest absolute Gasteiger partial charge is 0.239 e. The van der Waals surface area contributed by atoms with E-state index in [0.717, 1.165) is 45.6 Å². The molecule has 31 heavy (non-hydrogen) atoms. The second-order valence-corrected chi connectivity index (χ2v) is 9.14. The summed E-state index contributed by atoms with van der Waals surface area (Å²) in [5.74, 6) is -0.813. The van der Waals surface area contributed by atoms with Crippen LogP contribution in [0.25, 0.3) is 15.8 Å². The number of amides is 3. The third-order valence-corrected chi connectivity index (χ3v) is 6.56. The Morgan fingerprint density at radius 1 is 1.23 bits per heavy atom. The summed E-state index contributed by atoms with van der Waals surface area (Å²) in [6, 6.07) is 6.39. The van der Waals surface area contributed by atoms with Crippen molar-refractivity contribution in [2.24, 2.45) is 0 Å². The van der Waals surface area contributed by atoms with Gasteiger partial charge in [0.15, 0.2) is 0 Å². The summed E-state index contributed by atoms with van der Waals surface area (Å²) in [6.07, 6.45) is 8.94. The van der Waals surface area contributed by atoms with Gasteiger partial charge >= 0.3 is 0 Å². The van der Waals surface area contributed by atoms with Gasteiger partial charge in [-0.1, -0.05) is 24.3 Å². The fourth-order valence-corrected chi connectivity index (χ4v) is 4.51. The molecule has 3 N–H and O–H groups in total. The topological polar surface area (TPSA) is 100 Å². The van der Waals surface area contributed by atoms with E-state index in [2.05, 4.69) is 33.1 Å². The predicted molar refractivity (Wildman–Crippen MR) is 122 cm³/mol. The molecule has 162 valence electrons. The Balaban J connectivity index is 1.40. The van der Waals surface area contributed by atoms with Gasteiger partial charge in [0.05, 0.1) is 28.7 Å². The average Bonchev–Trinajstić information content (AvgIpc) is 3.45. The van der Waals surface area contributed by atoms with Gasteiger partial charge in [-0.15, -0.1) is 11.3 Å². The molecule has 0 saturated heterocycles. The quantitative estimate of drug-likeness (QED) is 0.619. The summed E-state index contributed by atoms with van der Waals surface area (Å²) in [5.41, 5.74) is 3.03. The summed E-state index contributed by atoms with van der Waals surface area (Å²) in [7, 11) is 0. The van der Waals surface area contributed by atoms with Crippen molar-refractivity contribution in [3.05, 3.63) is 47.0 Å². The largest absolute Gasteiger partial charge is 0.352 e. The Kier molecular flexibility index (Phi) is 6.18. The lowest BCUT2D eigenvalue weighted by molar-refractivity contribution is -0.126. The van der Waals surface area contributed by atoms with Crippen LogP contribution in [0, 0.1) is 0 Å². The maximum atomic E-state index is 12.5. The lowest BCUT2D eigenvalue weighted by Gasteiger charge is -2.17. The lowest BCUT2D eigenvalue weighted by atomic mass is 9.97. The highest BCUT2D eigenvalue weighted by atomic mass is 32.1. The van der Waals surface area contributed by atoms with E-state index in [4.69, 9.17) is 0 Å². The molecule has 2 atom stereocenters. The van der Waals surface area contributed by atoms with Gasteiger partial charge in [0.25, 0.3) is 0 Å². The molecule has 2 aliphatic carbocycles. The first-order valence-electron chi connectivity index (χ1n) is 10.5. The molecule has 0 spiro atoms. The van der Waals surface area contributed by atoms with Crippen molar-refractivity contribution >= 4 is 44.8 Å². The van der Waals surface area contributed by atoms with Crippen LogP contribution in [0.4, 0.5) is 0 Å². The molecule has 1 saturated carbocycles. The molecule has 8 heteroatoms. The molecule has 1 heterocycles. The number of thiazole rings is 1. The maximum Gasteiger partial charge on any atom is 0.239 e. The highest BCUT2D eigenvalue weighted by Crippen LogP contribution is 2.31. The minimum Gasteiger partial charge on any atom is -0.352 e. The van der Waals surface area contributed by atoms with Crippen molar-refractivity contribution in [2.75, 3.05) is 6.54 Å². The van der Waals surface area contributed by atoms with Crippen LogP contribution in [0.1, 0.15) is 49.6 Å². The van der Waals surface area contributed by atoms with Crippen LogP contribution in [0.3, 0.4) is 0 Å². The number of carbonyl (C=O) groups excluding carboxylic acids is 3. The summed E-state index contributed by atoms with van der Waals surface area (Å²) in [6.45, 7) is 3.32. The van der Waals surface area contributed by atoms with Crippen LogP contribution in [-0.4, -0.2) is 41.3 Å². The number of nitrogens with zero attached hydrogens (tertiary/aromatic N) is 1. The molecule has 3 amide bonds. The van der Waals surface area contributed by atoms with E-state index in [1.165, 1.54) is 18.3 Å². The summed E-state index contributed by atoms with van der Waals surface area (Å²) < 4.78 is 1.01. The van der Waals surface area contributed by atoms with Gasteiger partial charge in [-0.3, -0.25) is 14.4 Å². The summed E-state index contributed by atoms with van der Waals surface area (Å²) in [4.78, 5) is 40.1. The molecule has 0 bridgehead atoms. The fraction of sp³-hybridized carbons (Fsp3) is 0.391. The number of aromatic nitrogens is 1. The normalized spacial score (nSPS) is 18.9. The number of carbonyl (C=O) groups is 3. The monoisotopic (exact) mass is 438 g/mol. The molecule has 7 nitrogen and oxygen atoms in total. The van der Waals surface area contributed by atoms with Crippen molar-refractivity contribution in [3.8, 4) is 0 Å². The standard InChI is InChI=1S/C23H26N4O3S/c1-13(22(30)24-12-21(29)26-18-8-9-18)23-27-19-10-5-16(11-20(19)31-23)15-3-6-17(7-4-15)25-14(2)28/h3-6,10-11,13,17-18H,7-9,12H2,1-2H3,(H,24,30)(H,25,28)(H,26,29). The Morgan fingerprint density at radius 2 is 2.03 bits per heavy atom. The third kappa shape index (κ3) is 5.38. The van der Waals surface area contributed by atoms with Crippen LogP contribution in [0.2, 0.25) is 0 Å². The van der Waals surface area contributed by atoms with Gasteiger partial charge in [0, 0.05) is 13.0 Å². The number of allylic oxidation sites excluding steroid dienone is 2. The zero-order chi connectivity index (χ0) is 22.0. The predicted octanol–water partition coefficient (Wildman–Crippen LogP) is 2.64. The molecule has 2 aromatic rings. The molecule has 1 aromatic carbocycles. The number of fused-ring (bicyclic) bond motifs is 1. The minimum absolute atomic E-state index is 0.00527. The zero-order valence-electron chi connectivity index (χ0n) is 17.6. The molecule has 4 rings (SSSR count). The number of rotatable bonds is 7. The van der Waals surface area contributed by atoms with Crippen LogP contribution in [0.5, 0.6) is 0 Å². The number of benzene rings is 1. The third-order valence-electron chi connectivity index (χ3n) is 5.36. The van der Waals surface area contributed by atoms with Crippen molar-refractivity contribution in [1.29, 1.82) is 0 Å². The van der Waals surface area contributed by atoms with Crippen LogP contribution < -0.4 is 16.0 Å². The molecule has 2 aliphatic rings. The van der Waals surface area contributed by atoms with E-state index in [1.54, 1.807) is 6.92 Å². The summed E-state index contributed by atoms with van der Waals surface area (Å²) in [5, 5.41) is 9.19. The maximum absolute atomic E-state index is 12.5. The van der Waals surface area contributed by atoms with Gasteiger partial charge < -0.3 is 16.0 Å². The van der Waals surface area contributed by atoms with Crippen molar-refractivity contribution in [2.45, 2.75) is 51.1 Å². The first-order chi connectivity index (χ1) is 14.9. The number of nitrogens with one attached hydrogen (secondary N) is 3. The van der Waals surface area contributed by atoms with Crippen LogP contribution >= 0.6 is 11.3 Å². The molecule has 1 aromatic heterocycles. The Morgan fingerprint density at radius 3 is 2.71 bits per heavy atom. The van der Waals surface area contributed by atoms with Gasteiger partial charge in [-0.2, -0.15) is 0 Å². The van der Waals surface area contributed by atoms with Gasteiger partial charge in [-0.25, -0.2) is 4.98 Å². The van der Waals surface area contributed by atoms with Gasteiger partial charge in [0.1, 0.15) is 5.01 Å². The van der Waals surface area contributed by atoms with E-state index in [0.29, 0.717) is 0 Å². The second kappa shape index (κ2) is 9.01. The van der Waals surface area contributed by atoms with E-state index in [1.807, 2.05) is 24.3 Å². The van der Waals surface area contributed by atoms with Crippen molar-refractivity contribution in [3.63, 3.8) is 0 Å². The SMILES string of the molecule is CC(=O)NC1C=CC(c2ccc3nc(C(C)C(=O)NCC(=O)NC4CC4)sc3c2)=CC1. The van der Waals surface area contributed by atoms with E-state index < -0.39 is 5.92 Å². The van der Waals surface area contributed by atoms with Gasteiger partial charge in [0.2, 0.25) is 17.7 Å². The molecular formula is C23H26N4O3S. The minimum atomic E-state index is -0.429. The first-order valence-corrected chi connectivity index (χ1v) is 11.3. The zero-order valence-corrected chi connectivity index (χ0v) is 18.4. The number of hydrogen-bond donors (Lipinski definition) is 3. The van der Waals surface area contributed by atoms with E-state index >= 15 is 0 Å². The first kappa shape index (κ1) is 21.2. The fourth-order valence-electron chi connectivity index (χ4n) is 3.45. The van der Waals surface area contributed by atoms with Crippen LogP contribution in [-0.2, 0) is 14.4 Å². The molecular weight excluding hydrogens is 412 g/mol. The highest BCUT2D eigenvalue weighted by Gasteiger charge is 2.24. The van der Waals surface area contributed by atoms with E-state index in [-0.39, 0.29) is 36.3 Å². The summed E-state index contributed by atoms with van der Waals surface area (Å²) >= 11 is 1.49. The average molecular weight is 439 g/mol. The second-order valence-electron chi connectivity index (χ2n) is 8.08. The van der Waals surface area contributed by atoms with Crippen LogP contribution in [0.15, 0.2) is 36.4 Å². The van der Waals surface area contributed by atoms with Crippen molar-refractivity contribution in [1.82, 2.24) is 20.9 Å². The molecule has 2 unspecified atom stereocenters. The Bertz CT molecular complexity index is 1080. The Labute approximate surface area is 185 Å². The highest BCUT2D eigenvalue weighted by molar-refractivity contribution is 7.18. The Hall–Kier alpha value is -3.00. The lowest BCUT2D eigenvalue weighted by Crippen LogP contribution is -2.39. The van der Waals surface area contributed by atoms with Crippen molar-refractivity contribution < 1.29 is 14.4 Å². The molecule has 0 aliphatic heterocycles. The molecule has 1 fully saturated rings. The number of hydrogen-bond acceptors (Lipinski definition) is 5. The van der Waals surface area contributed by atoms with Gasteiger partial charge in [-0.05, 0) is 49.5 Å². The van der Waals surface area contributed by atoms with E-state index in [9.17, 15) is 14.4 Å².